The maximum atomic E-state index is 12.9. The lowest BCUT2D eigenvalue weighted by Gasteiger charge is -2.30. The second-order valence-electron chi connectivity index (χ2n) is 5.49. The molecule has 1 aromatic rings. The zero-order valence-electron chi connectivity index (χ0n) is 11.6. The molecule has 124 valence electrons. The van der Waals surface area contributed by atoms with E-state index in [0.29, 0.717) is 25.2 Å². The summed E-state index contributed by atoms with van der Waals surface area (Å²) in [6, 6.07) is 2.28. The Morgan fingerprint density at radius 3 is 2.00 bits per heavy atom. The Kier molecular flexibility index (Phi) is 4.72. The van der Waals surface area contributed by atoms with Gasteiger partial charge in [-0.1, -0.05) is 6.07 Å². The van der Waals surface area contributed by atoms with Crippen LogP contribution in [0, 0.1) is 0 Å². The SMILES string of the molecule is NC1CCN(Cc2ccc(C(F)(F)F)c(C(F)(F)F)c2)CC1. The van der Waals surface area contributed by atoms with Crippen molar-refractivity contribution in [2.24, 2.45) is 5.73 Å². The summed E-state index contributed by atoms with van der Waals surface area (Å²) in [6.45, 7) is 1.45. The molecule has 0 spiro atoms. The van der Waals surface area contributed by atoms with E-state index >= 15 is 0 Å². The molecule has 0 saturated carbocycles. The fraction of sp³-hybridized carbons (Fsp3) is 0.571. The first-order chi connectivity index (χ1) is 10.1. The minimum Gasteiger partial charge on any atom is -0.328 e. The third kappa shape index (κ3) is 4.13. The number of benzene rings is 1. The Morgan fingerprint density at radius 1 is 0.955 bits per heavy atom. The molecule has 0 bridgehead atoms. The van der Waals surface area contributed by atoms with Crippen LogP contribution >= 0.6 is 0 Å². The fourth-order valence-corrected chi connectivity index (χ4v) is 2.54. The molecule has 0 unspecified atom stereocenters. The van der Waals surface area contributed by atoms with Gasteiger partial charge in [-0.3, -0.25) is 4.90 Å². The molecule has 2 rings (SSSR count). The van der Waals surface area contributed by atoms with Gasteiger partial charge >= 0.3 is 12.4 Å². The summed E-state index contributed by atoms with van der Waals surface area (Å²) in [5.41, 5.74) is 2.68. The van der Waals surface area contributed by atoms with Crippen molar-refractivity contribution in [2.75, 3.05) is 13.1 Å². The summed E-state index contributed by atoms with van der Waals surface area (Å²) in [6.07, 6.45) is -8.61. The molecular formula is C14H16F6N2. The van der Waals surface area contributed by atoms with E-state index in [1.54, 1.807) is 0 Å². The summed E-state index contributed by atoms with van der Waals surface area (Å²) in [7, 11) is 0. The number of piperidine rings is 1. The second kappa shape index (κ2) is 6.08. The molecule has 0 amide bonds. The van der Waals surface area contributed by atoms with Gasteiger partial charge in [-0.25, -0.2) is 0 Å². The van der Waals surface area contributed by atoms with E-state index < -0.39 is 23.5 Å². The number of halogens is 6. The topological polar surface area (TPSA) is 29.3 Å². The van der Waals surface area contributed by atoms with Crippen molar-refractivity contribution in [2.45, 2.75) is 37.8 Å². The average Bonchev–Trinajstić information content (AvgIpc) is 2.39. The van der Waals surface area contributed by atoms with Gasteiger partial charge in [0.25, 0.3) is 0 Å². The highest BCUT2D eigenvalue weighted by Crippen LogP contribution is 2.40. The lowest BCUT2D eigenvalue weighted by Crippen LogP contribution is -2.39. The highest BCUT2D eigenvalue weighted by atomic mass is 19.4. The van der Waals surface area contributed by atoms with Crippen LogP contribution in [0.4, 0.5) is 26.3 Å². The third-order valence-electron chi connectivity index (χ3n) is 3.73. The van der Waals surface area contributed by atoms with E-state index in [4.69, 9.17) is 5.73 Å². The monoisotopic (exact) mass is 326 g/mol. The molecule has 1 aliphatic rings. The van der Waals surface area contributed by atoms with Crippen LogP contribution in [0.1, 0.15) is 29.5 Å². The smallest absolute Gasteiger partial charge is 0.328 e. The molecule has 0 aromatic heterocycles. The summed E-state index contributed by atoms with van der Waals surface area (Å²) in [5.74, 6) is 0. The third-order valence-corrected chi connectivity index (χ3v) is 3.73. The van der Waals surface area contributed by atoms with Gasteiger partial charge in [0.15, 0.2) is 0 Å². The molecule has 8 heteroatoms. The van der Waals surface area contributed by atoms with Gasteiger partial charge < -0.3 is 5.73 Å². The molecule has 1 aromatic carbocycles. The van der Waals surface area contributed by atoms with E-state index in [1.807, 2.05) is 4.90 Å². The van der Waals surface area contributed by atoms with Gasteiger partial charge in [-0.15, -0.1) is 0 Å². The number of nitrogens with two attached hydrogens (primary N) is 1. The predicted molar refractivity (Wildman–Crippen MR) is 68.9 cm³/mol. The number of alkyl halides is 6. The number of nitrogens with zero attached hydrogens (tertiary/aromatic N) is 1. The van der Waals surface area contributed by atoms with E-state index in [9.17, 15) is 26.3 Å². The van der Waals surface area contributed by atoms with Crippen LogP contribution in [0.5, 0.6) is 0 Å². The second-order valence-corrected chi connectivity index (χ2v) is 5.49. The first-order valence-electron chi connectivity index (χ1n) is 6.82. The van der Waals surface area contributed by atoms with Crippen LogP contribution in [0.15, 0.2) is 18.2 Å². The Bertz CT molecular complexity index is 515. The first-order valence-corrected chi connectivity index (χ1v) is 6.82. The molecule has 1 fully saturated rings. The van der Waals surface area contributed by atoms with Crippen LogP contribution < -0.4 is 5.73 Å². The largest absolute Gasteiger partial charge is 0.417 e. The summed E-state index contributed by atoms with van der Waals surface area (Å²) >= 11 is 0. The Morgan fingerprint density at radius 2 is 1.50 bits per heavy atom. The molecule has 1 heterocycles. The molecular weight excluding hydrogens is 310 g/mol. The van der Waals surface area contributed by atoms with Crippen molar-refractivity contribution in [3.8, 4) is 0 Å². The zero-order valence-corrected chi connectivity index (χ0v) is 11.6. The molecule has 2 N–H and O–H groups in total. The van der Waals surface area contributed by atoms with Crippen LogP contribution in [0.2, 0.25) is 0 Å². The maximum absolute atomic E-state index is 12.9. The highest BCUT2D eigenvalue weighted by molar-refractivity contribution is 5.36. The van der Waals surface area contributed by atoms with Crippen LogP contribution in [0.25, 0.3) is 0 Å². The van der Waals surface area contributed by atoms with Gasteiger partial charge in [-0.05, 0) is 43.6 Å². The van der Waals surface area contributed by atoms with Crippen LogP contribution in [-0.4, -0.2) is 24.0 Å². The Balaban J connectivity index is 2.24. The fourth-order valence-electron chi connectivity index (χ4n) is 2.54. The summed E-state index contributed by atoms with van der Waals surface area (Å²) < 4.78 is 76.6. The number of rotatable bonds is 2. The highest BCUT2D eigenvalue weighted by Gasteiger charge is 2.43. The van der Waals surface area contributed by atoms with Gasteiger partial charge in [-0.2, -0.15) is 26.3 Å². The summed E-state index contributed by atoms with van der Waals surface area (Å²) in [4.78, 5) is 1.89. The molecule has 0 radical (unpaired) electrons. The molecule has 0 aliphatic carbocycles. The van der Waals surface area contributed by atoms with Crippen molar-refractivity contribution in [1.29, 1.82) is 0 Å². The van der Waals surface area contributed by atoms with E-state index in [-0.39, 0.29) is 18.2 Å². The van der Waals surface area contributed by atoms with Crippen molar-refractivity contribution < 1.29 is 26.3 Å². The molecule has 2 nitrogen and oxygen atoms in total. The lowest BCUT2D eigenvalue weighted by molar-refractivity contribution is -0.162. The number of hydrogen-bond acceptors (Lipinski definition) is 2. The van der Waals surface area contributed by atoms with Gasteiger partial charge in [0.1, 0.15) is 0 Å². The van der Waals surface area contributed by atoms with Gasteiger partial charge in [0.2, 0.25) is 0 Å². The normalized spacial score (nSPS) is 18.7. The van der Waals surface area contributed by atoms with Crippen molar-refractivity contribution in [1.82, 2.24) is 4.90 Å². The van der Waals surface area contributed by atoms with E-state index in [2.05, 4.69) is 0 Å². The lowest BCUT2D eigenvalue weighted by atomic mass is 10.0. The number of likely N-dealkylation sites (tertiary alicyclic amines) is 1. The molecule has 0 atom stereocenters. The van der Waals surface area contributed by atoms with Crippen molar-refractivity contribution >= 4 is 0 Å². The standard InChI is InChI=1S/C14H16F6N2/c15-13(16,17)11-2-1-9(7-12(11)14(18,19)20)8-22-5-3-10(21)4-6-22/h1-2,7,10H,3-6,8,21H2. The van der Waals surface area contributed by atoms with E-state index in [0.717, 1.165) is 18.9 Å². The maximum Gasteiger partial charge on any atom is 0.417 e. The average molecular weight is 326 g/mol. The molecule has 1 saturated heterocycles. The minimum atomic E-state index is -5.04. The predicted octanol–water partition coefficient (Wildman–Crippen LogP) is 3.65. The van der Waals surface area contributed by atoms with Crippen molar-refractivity contribution in [3.05, 3.63) is 34.9 Å². The molecule has 22 heavy (non-hydrogen) atoms. The van der Waals surface area contributed by atoms with Crippen LogP contribution in [0.3, 0.4) is 0 Å². The van der Waals surface area contributed by atoms with Crippen molar-refractivity contribution in [3.63, 3.8) is 0 Å². The summed E-state index contributed by atoms with van der Waals surface area (Å²) in [5, 5.41) is 0. The van der Waals surface area contributed by atoms with E-state index in [1.165, 1.54) is 0 Å². The van der Waals surface area contributed by atoms with Gasteiger partial charge in [0, 0.05) is 12.6 Å². The Hall–Kier alpha value is -1.28. The zero-order chi connectivity index (χ0) is 16.5. The first kappa shape index (κ1) is 17.1. The number of hydrogen-bond donors (Lipinski definition) is 1. The molecule has 1 aliphatic heterocycles. The van der Waals surface area contributed by atoms with Gasteiger partial charge in [0.05, 0.1) is 11.1 Å². The Labute approximate surface area is 123 Å². The quantitative estimate of drug-likeness (QED) is 0.841. The van der Waals surface area contributed by atoms with Crippen LogP contribution in [-0.2, 0) is 18.9 Å². The minimum absolute atomic E-state index is 0.0783.